The van der Waals surface area contributed by atoms with Crippen LogP contribution in [0.5, 0.6) is 0 Å². The Kier molecular flexibility index (Phi) is 4.74. The number of hydrogen-bond acceptors (Lipinski definition) is 3. The summed E-state index contributed by atoms with van der Waals surface area (Å²) in [7, 11) is 0. The van der Waals surface area contributed by atoms with Crippen LogP contribution in [0.15, 0.2) is 58.3 Å². The van der Waals surface area contributed by atoms with Gasteiger partial charge in [0.2, 0.25) is 0 Å². The molecule has 5 heteroatoms. The van der Waals surface area contributed by atoms with Crippen LogP contribution in [0.25, 0.3) is 6.08 Å². The minimum atomic E-state index is -0.285. The van der Waals surface area contributed by atoms with E-state index >= 15 is 0 Å². The molecule has 0 saturated carbocycles. The second kappa shape index (κ2) is 6.73. The summed E-state index contributed by atoms with van der Waals surface area (Å²) >= 11 is 5.76. The number of allylic oxidation sites excluding steroid dienone is 1. The lowest BCUT2D eigenvalue weighted by Gasteiger charge is -2.00. The predicted octanol–water partition coefficient (Wildman–Crippen LogP) is 3.75. The van der Waals surface area contributed by atoms with Gasteiger partial charge in [-0.3, -0.25) is 4.79 Å². The SMILES string of the molecule is CC(/C=C/c1ccco1)=N\NC(=O)c1ccc(Cl)cc1. The van der Waals surface area contributed by atoms with Gasteiger partial charge in [-0.15, -0.1) is 0 Å². The quantitative estimate of drug-likeness (QED) is 0.688. The summed E-state index contributed by atoms with van der Waals surface area (Å²) in [5, 5.41) is 4.56. The molecule has 0 unspecified atom stereocenters. The van der Waals surface area contributed by atoms with Crippen molar-refractivity contribution in [3.05, 3.63) is 65.1 Å². The molecule has 0 aliphatic carbocycles. The first-order valence-electron chi connectivity index (χ1n) is 5.97. The average molecular weight is 289 g/mol. The van der Waals surface area contributed by atoms with Crippen molar-refractivity contribution in [2.45, 2.75) is 6.92 Å². The number of amides is 1. The molecule has 1 amide bonds. The maximum atomic E-state index is 11.8. The Morgan fingerprint density at radius 1 is 1.30 bits per heavy atom. The van der Waals surface area contributed by atoms with Crippen molar-refractivity contribution in [1.82, 2.24) is 5.43 Å². The second-order valence-electron chi connectivity index (χ2n) is 4.05. The van der Waals surface area contributed by atoms with E-state index in [2.05, 4.69) is 10.5 Å². The van der Waals surface area contributed by atoms with Crippen molar-refractivity contribution in [3.63, 3.8) is 0 Å². The largest absolute Gasteiger partial charge is 0.465 e. The summed E-state index contributed by atoms with van der Waals surface area (Å²) in [4.78, 5) is 11.8. The fraction of sp³-hybridized carbons (Fsp3) is 0.0667. The topological polar surface area (TPSA) is 54.6 Å². The Bertz CT molecular complexity index is 628. The van der Waals surface area contributed by atoms with Crippen LogP contribution in [-0.2, 0) is 0 Å². The molecule has 0 radical (unpaired) electrons. The van der Waals surface area contributed by atoms with E-state index in [4.69, 9.17) is 16.0 Å². The number of nitrogens with one attached hydrogen (secondary N) is 1. The monoisotopic (exact) mass is 288 g/mol. The van der Waals surface area contributed by atoms with Crippen molar-refractivity contribution < 1.29 is 9.21 Å². The van der Waals surface area contributed by atoms with Crippen LogP contribution in [-0.4, -0.2) is 11.6 Å². The number of nitrogens with zero attached hydrogens (tertiary/aromatic N) is 1. The summed E-state index contributed by atoms with van der Waals surface area (Å²) in [6.45, 7) is 1.78. The van der Waals surface area contributed by atoms with Crippen molar-refractivity contribution in [3.8, 4) is 0 Å². The van der Waals surface area contributed by atoms with Gasteiger partial charge in [-0.25, -0.2) is 5.43 Å². The Balaban J connectivity index is 1.94. The summed E-state index contributed by atoms with van der Waals surface area (Å²) in [6, 6.07) is 10.2. The maximum absolute atomic E-state index is 11.8. The highest BCUT2D eigenvalue weighted by molar-refractivity contribution is 6.30. The van der Waals surface area contributed by atoms with E-state index in [1.165, 1.54) is 0 Å². The number of furan rings is 1. The number of hydrazone groups is 1. The Morgan fingerprint density at radius 2 is 2.05 bits per heavy atom. The molecule has 4 nitrogen and oxygen atoms in total. The molecule has 102 valence electrons. The molecule has 0 aliphatic heterocycles. The smallest absolute Gasteiger partial charge is 0.271 e. The van der Waals surface area contributed by atoms with Crippen LogP contribution < -0.4 is 5.43 Å². The highest BCUT2D eigenvalue weighted by Gasteiger charge is 2.03. The molecule has 1 heterocycles. The van der Waals surface area contributed by atoms with Crippen LogP contribution in [0.2, 0.25) is 5.02 Å². The third-order valence-corrected chi connectivity index (χ3v) is 2.72. The van der Waals surface area contributed by atoms with Crippen LogP contribution in [0.4, 0.5) is 0 Å². The molecular weight excluding hydrogens is 276 g/mol. The van der Waals surface area contributed by atoms with Gasteiger partial charge in [-0.1, -0.05) is 11.6 Å². The van der Waals surface area contributed by atoms with Crippen LogP contribution in [0.3, 0.4) is 0 Å². The zero-order valence-electron chi connectivity index (χ0n) is 10.8. The van der Waals surface area contributed by atoms with E-state index in [0.717, 1.165) is 5.76 Å². The lowest BCUT2D eigenvalue weighted by atomic mass is 10.2. The van der Waals surface area contributed by atoms with E-state index in [0.29, 0.717) is 16.3 Å². The Labute approximate surface area is 121 Å². The van der Waals surface area contributed by atoms with Gasteiger partial charge in [-0.2, -0.15) is 5.10 Å². The van der Waals surface area contributed by atoms with Crippen molar-refractivity contribution in [2.75, 3.05) is 0 Å². The standard InChI is InChI=1S/C15H13ClN2O2/c1-11(4-9-14-3-2-10-20-14)17-18-15(19)12-5-7-13(16)8-6-12/h2-10H,1H3,(H,18,19)/b9-4+,17-11+. The molecule has 2 rings (SSSR count). The molecule has 2 aromatic rings. The third-order valence-electron chi connectivity index (χ3n) is 2.47. The van der Waals surface area contributed by atoms with Gasteiger partial charge in [0.05, 0.1) is 12.0 Å². The first kappa shape index (κ1) is 14.1. The Morgan fingerprint density at radius 3 is 2.70 bits per heavy atom. The predicted molar refractivity (Wildman–Crippen MR) is 79.8 cm³/mol. The molecule has 0 saturated heterocycles. The zero-order chi connectivity index (χ0) is 14.4. The maximum Gasteiger partial charge on any atom is 0.271 e. The van der Waals surface area contributed by atoms with Crippen molar-refractivity contribution in [1.29, 1.82) is 0 Å². The molecule has 1 N–H and O–H groups in total. The average Bonchev–Trinajstić information content (AvgIpc) is 2.96. The molecule has 0 fully saturated rings. The van der Waals surface area contributed by atoms with E-state index in [1.807, 2.05) is 6.07 Å². The highest BCUT2D eigenvalue weighted by atomic mass is 35.5. The second-order valence-corrected chi connectivity index (χ2v) is 4.49. The first-order valence-corrected chi connectivity index (χ1v) is 6.35. The summed E-state index contributed by atoms with van der Waals surface area (Å²) < 4.78 is 5.15. The van der Waals surface area contributed by atoms with Crippen molar-refractivity contribution >= 4 is 29.3 Å². The fourth-order valence-electron chi connectivity index (χ4n) is 1.43. The van der Waals surface area contributed by atoms with Crippen molar-refractivity contribution in [2.24, 2.45) is 5.10 Å². The number of hydrogen-bond donors (Lipinski definition) is 1. The summed E-state index contributed by atoms with van der Waals surface area (Å²) in [5.41, 5.74) is 3.63. The number of benzene rings is 1. The number of rotatable bonds is 4. The molecule has 1 aromatic carbocycles. The van der Waals surface area contributed by atoms with Gasteiger partial charge in [0.1, 0.15) is 5.76 Å². The molecule has 1 aromatic heterocycles. The number of carbonyl (C=O) groups is 1. The fourth-order valence-corrected chi connectivity index (χ4v) is 1.56. The zero-order valence-corrected chi connectivity index (χ0v) is 11.6. The van der Waals surface area contributed by atoms with Gasteiger partial charge >= 0.3 is 0 Å². The van der Waals surface area contributed by atoms with Gasteiger partial charge in [-0.05, 0) is 55.5 Å². The normalized spacial score (nSPS) is 11.8. The van der Waals surface area contributed by atoms with Crippen LogP contribution in [0, 0.1) is 0 Å². The Hall–Kier alpha value is -2.33. The van der Waals surface area contributed by atoms with Gasteiger partial charge in [0.25, 0.3) is 5.91 Å². The molecule has 0 bridgehead atoms. The van der Waals surface area contributed by atoms with Gasteiger partial charge in [0.15, 0.2) is 0 Å². The van der Waals surface area contributed by atoms with Crippen LogP contribution >= 0.6 is 11.6 Å². The minimum absolute atomic E-state index is 0.285. The lowest BCUT2D eigenvalue weighted by molar-refractivity contribution is 0.0955. The minimum Gasteiger partial charge on any atom is -0.465 e. The van der Waals surface area contributed by atoms with E-state index < -0.39 is 0 Å². The molecule has 0 aliphatic rings. The van der Waals surface area contributed by atoms with Gasteiger partial charge < -0.3 is 4.42 Å². The van der Waals surface area contributed by atoms with E-state index in [9.17, 15) is 4.79 Å². The summed E-state index contributed by atoms with van der Waals surface area (Å²) in [6.07, 6.45) is 5.11. The van der Waals surface area contributed by atoms with Gasteiger partial charge in [0, 0.05) is 10.6 Å². The molecular formula is C15H13ClN2O2. The van der Waals surface area contributed by atoms with E-state index in [-0.39, 0.29) is 5.91 Å². The molecule has 0 atom stereocenters. The first-order chi connectivity index (χ1) is 9.65. The molecule has 0 spiro atoms. The highest BCUT2D eigenvalue weighted by Crippen LogP contribution is 2.09. The van der Waals surface area contributed by atoms with Crippen LogP contribution in [0.1, 0.15) is 23.0 Å². The third kappa shape index (κ3) is 4.10. The number of halogens is 1. The molecule has 20 heavy (non-hydrogen) atoms. The number of carbonyl (C=O) groups excluding carboxylic acids is 1. The lowest BCUT2D eigenvalue weighted by Crippen LogP contribution is -2.18. The van der Waals surface area contributed by atoms with E-state index in [1.54, 1.807) is 55.7 Å². The summed E-state index contributed by atoms with van der Waals surface area (Å²) in [5.74, 6) is 0.441.